The SMILES string of the molecule is CCCCCCc1ccc(C(O)C(O)CCBr)cc1. The molecule has 0 saturated carbocycles. The molecule has 0 heterocycles. The summed E-state index contributed by atoms with van der Waals surface area (Å²) >= 11 is 3.27. The van der Waals surface area contributed by atoms with Crippen molar-refractivity contribution in [3.8, 4) is 0 Å². The maximum Gasteiger partial charge on any atom is 0.105 e. The Hall–Kier alpha value is -0.380. The van der Waals surface area contributed by atoms with Crippen LogP contribution in [0.1, 0.15) is 56.3 Å². The average Bonchev–Trinajstić information content (AvgIpc) is 2.44. The lowest BCUT2D eigenvalue weighted by molar-refractivity contribution is 0.0173. The fourth-order valence-electron chi connectivity index (χ4n) is 2.13. The summed E-state index contributed by atoms with van der Waals surface area (Å²) in [6.45, 7) is 2.22. The summed E-state index contributed by atoms with van der Waals surface area (Å²) in [5.41, 5.74) is 2.10. The van der Waals surface area contributed by atoms with Crippen LogP contribution in [0.15, 0.2) is 24.3 Å². The maximum absolute atomic E-state index is 9.99. The Balaban J connectivity index is 2.46. The molecule has 2 N–H and O–H groups in total. The van der Waals surface area contributed by atoms with E-state index in [1.165, 1.54) is 31.2 Å². The van der Waals surface area contributed by atoms with E-state index in [-0.39, 0.29) is 0 Å². The number of benzene rings is 1. The Labute approximate surface area is 125 Å². The normalized spacial score (nSPS) is 14.3. The molecule has 0 aromatic heterocycles. The predicted molar refractivity (Wildman–Crippen MR) is 83.7 cm³/mol. The van der Waals surface area contributed by atoms with Gasteiger partial charge in [0, 0.05) is 5.33 Å². The van der Waals surface area contributed by atoms with Crippen LogP contribution in [0, 0.1) is 0 Å². The molecule has 0 aliphatic rings. The van der Waals surface area contributed by atoms with Crippen molar-refractivity contribution in [2.24, 2.45) is 0 Å². The molecule has 3 heteroatoms. The zero-order chi connectivity index (χ0) is 14.1. The molecule has 0 fully saturated rings. The fraction of sp³-hybridized carbons (Fsp3) is 0.625. The zero-order valence-electron chi connectivity index (χ0n) is 11.7. The Kier molecular flexibility index (Phi) is 8.35. The van der Waals surface area contributed by atoms with E-state index < -0.39 is 12.2 Å². The summed E-state index contributed by atoms with van der Waals surface area (Å²) in [7, 11) is 0. The van der Waals surface area contributed by atoms with Gasteiger partial charge < -0.3 is 10.2 Å². The van der Waals surface area contributed by atoms with Crippen LogP contribution in [-0.4, -0.2) is 21.6 Å². The molecule has 1 rings (SSSR count). The smallest absolute Gasteiger partial charge is 0.105 e. The van der Waals surface area contributed by atoms with Crippen molar-refractivity contribution >= 4 is 15.9 Å². The van der Waals surface area contributed by atoms with Gasteiger partial charge in [-0.15, -0.1) is 0 Å². The van der Waals surface area contributed by atoms with Crippen LogP contribution in [0.5, 0.6) is 0 Å². The molecular formula is C16H25BrO2. The molecule has 0 radical (unpaired) electrons. The highest BCUT2D eigenvalue weighted by molar-refractivity contribution is 9.09. The van der Waals surface area contributed by atoms with E-state index in [0.29, 0.717) is 11.8 Å². The van der Waals surface area contributed by atoms with Crippen molar-refractivity contribution in [3.63, 3.8) is 0 Å². The molecule has 0 amide bonds. The molecule has 108 valence electrons. The van der Waals surface area contributed by atoms with E-state index >= 15 is 0 Å². The number of aliphatic hydroxyl groups excluding tert-OH is 2. The maximum atomic E-state index is 9.99. The van der Waals surface area contributed by atoms with Crippen LogP contribution < -0.4 is 0 Å². The molecule has 0 aliphatic carbocycles. The van der Waals surface area contributed by atoms with E-state index in [0.717, 1.165) is 12.0 Å². The van der Waals surface area contributed by atoms with Gasteiger partial charge in [-0.1, -0.05) is 66.4 Å². The van der Waals surface area contributed by atoms with Gasteiger partial charge in [-0.2, -0.15) is 0 Å². The number of hydrogen-bond acceptors (Lipinski definition) is 2. The zero-order valence-corrected chi connectivity index (χ0v) is 13.3. The minimum absolute atomic E-state index is 0.555. The van der Waals surface area contributed by atoms with Crippen molar-refractivity contribution in [2.45, 2.75) is 57.7 Å². The Bertz CT molecular complexity index is 337. The van der Waals surface area contributed by atoms with Crippen LogP contribution >= 0.6 is 15.9 Å². The Morgan fingerprint density at radius 3 is 2.32 bits per heavy atom. The molecule has 1 aromatic carbocycles. The van der Waals surface area contributed by atoms with E-state index in [1.54, 1.807) is 0 Å². The first-order valence-electron chi connectivity index (χ1n) is 7.20. The topological polar surface area (TPSA) is 40.5 Å². The van der Waals surface area contributed by atoms with Gasteiger partial charge in [0.2, 0.25) is 0 Å². The van der Waals surface area contributed by atoms with E-state index in [1.807, 2.05) is 12.1 Å². The number of unbranched alkanes of at least 4 members (excludes halogenated alkanes) is 3. The minimum atomic E-state index is -0.785. The summed E-state index contributed by atoms with van der Waals surface area (Å²) in [4.78, 5) is 0. The minimum Gasteiger partial charge on any atom is -0.390 e. The number of hydrogen-bond donors (Lipinski definition) is 2. The summed E-state index contributed by atoms with van der Waals surface area (Å²) in [6.07, 6.45) is 5.24. The predicted octanol–water partition coefficient (Wildman–Crippen LogP) is 3.99. The van der Waals surface area contributed by atoms with E-state index in [9.17, 15) is 10.2 Å². The first kappa shape index (κ1) is 16.7. The van der Waals surface area contributed by atoms with Gasteiger partial charge in [-0.25, -0.2) is 0 Å². The molecule has 2 nitrogen and oxygen atoms in total. The van der Waals surface area contributed by atoms with Gasteiger partial charge in [-0.3, -0.25) is 0 Å². The van der Waals surface area contributed by atoms with Crippen LogP contribution in [0.25, 0.3) is 0 Å². The standard InChI is InChI=1S/C16H25BrO2/c1-2-3-4-5-6-13-7-9-14(10-8-13)16(19)15(18)11-12-17/h7-10,15-16,18-19H,2-6,11-12H2,1H3. The average molecular weight is 329 g/mol. The lowest BCUT2D eigenvalue weighted by Crippen LogP contribution is -2.18. The molecule has 0 saturated heterocycles. The highest BCUT2D eigenvalue weighted by atomic mass is 79.9. The van der Waals surface area contributed by atoms with Gasteiger partial charge in [-0.05, 0) is 30.4 Å². The Morgan fingerprint density at radius 1 is 1.05 bits per heavy atom. The second kappa shape index (κ2) is 9.51. The van der Waals surface area contributed by atoms with Crippen molar-refractivity contribution < 1.29 is 10.2 Å². The second-order valence-electron chi connectivity index (χ2n) is 5.04. The number of alkyl halides is 1. The highest BCUT2D eigenvalue weighted by Gasteiger charge is 2.17. The second-order valence-corrected chi connectivity index (χ2v) is 5.84. The lowest BCUT2D eigenvalue weighted by Gasteiger charge is -2.17. The van der Waals surface area contributed by atoms with Gasteiger partial charge in [0.05, 0.1) is 6.10 Å². The third-order valence-corrected chi connectivity index (χ3v) is 3.87. The van der Waals surface area contributed by atoms with Gasteiger partial charge in [0.15, 0.2) is 0 Å². The summed E-state index contributed by atoms with van der Waals surface area (Å²) in [5.74, 6) is 0. The molecule has 0 bridgehead atoms. The van der Waals surface area contributed by atoms with Crippen molar-refractivity contribution in [1.82, 2.24) is 0 Å². The number of halogens is 1. The van der Waals surface area contributed by atoms with Crippen LogP contribution in [0.4, 0.5) is 0 Å². The van der Waals surface area contributed by atoms with Gasteiger partial charge in [0.1, 0.15) is 6.10 Å². The quantitative estimate of drug-likeness (QED) is 0.531. The van der Waals surface area contributed by atoms with E-state index in [2.05, 4.69) is 35.0 Å². The highest BCUT2D eigenvalue weighted by Crippen LogP contribution is 2.20. The molecule has 19 heavy (non-hydrogen) atoms. The first-order valence-corrected chi connectivity index (χ1v) is 8.32. The van der Waals surface area contributed by atoms with Crippen LogP contribution in [-0.2, 0) is 6.42 Å². The molecule has 1 aromatic rings. The van der Waals surface area contributed by atoms with Gasteiger partial charge >= 0.3 is 0 Å². The van der Waals surface area contributed by atoms with Gasteiger partial charge in [0.25, 0.3) is 0 Å². The number of rotatable bonds is 9. The van der Waals surface area contributed by atoms with Crippen molar-refractivity contribution in [2.75, 3.05) is 5.33 Å². The van der Waals surface area contributed by atoms with Crippen LogP contribution in [0.3, 0.4) is 0 Å². The third-order valence-electron chi connectivity index (χ3n) is 3.41. The summed E-state index contributed by atoms with van der Waals surface area (Å²) in [5, 5.41) is 20.4. The molecule has 2 unspecified atom stereocenters. The Morgan fingerprint density at radius 2 is 1.74 bits per heavy atom. The summed E-state index contributed by atoms with van der Waals surface area (Å²) < 4.78 is 0. The third kappa shape index (κ3) is 6.07. The van der Waals surface area contributed by atoms with Crippen molar-refractivity contribution in [3.05, 3.63) is 35.4 Å². The fourth-order valence-corrected chi connectivity index (χ4v) is 2.60. The number of aryl methyl sites for hydroxylation is 1. The molecule has 0 aliphatic heterocycles. The van der Waals surface area contributed by atoms with E-state index in [4.69, 9.17) is 0 Å². The number of aliphatic hydroxyl groups is 2. The molecular weight excluding hydrogens is 304 g/mol. The summed E-state index contributed by atoms with van der Waals surface area (Å²) in [6, 6.07) is 7.98. The van der Waals surface area contributed by atoms with Crippen LogP contribution in [0.2, 0.25) is 0 Å². The molecule has 2 atom stereocenters. The largest absolute Gasteiger partial charge is 0.390 e. The molecule has 0 spiro atoms. The first-order chi connectivity index (χ1) is 9.19. The van der Waals surface area contributed by atoms with Crippen molar-refractivity contribution in [1.29, 1.82) is 0 Å². The monoisotopic (exact) mass is 328 g/mol. The lowest BCUT2D eigenvalue weighted by atomic mass is 9.99.